The monoisotopic (exact) mass is 419 g/mol. The van der Waals surface area contributed by atoms with Gasteiger partial charge in [-0.15, -0.1) is 0 Å². The minimum Gasteiger partial charge on any atom is -0.493 e. The number of carboxylic acid groups (broad SMARTS) is 1. The van der Waals surface area contributed by atoms with Crippen molar-refractivity contribution in [1.29, 1.82) is 5.26 Å². The third-order valence-corrected chi connectivity index (χ3v) is 4.65. The Morgan fingerprint density at radius 3 is 2.61 bits per heavy atom. The number of aromatic carboxylic acids is 1. The quantitative estimate of drug-likeness (QED) is 0.656. The van der Waals surface area contributed by atoms with Crippen LogP contribution in [0.2, 0.25) is 0 Å². The van der Waals surface area contributed by atoms with Crippen molar-refractivity contribution in [3.05, 3.63) is 64.7 Å². The van der Waals surface area contributed by atoms with Gasteiger partial charge in [0.2, 0.25) is 0 Å². The van der Waals surface area contributed by atoms with Crippen LogP contribution < -0.4 is 9.47 Å². The molecule has 1 amide bonds. The van der Waals surface area contributed by atoms with Crippen LogP contribution in [-0.4, -0.2) is 41.4 Å². The van der Waals surface area contributed by atoms with Gasteiger partial charge in [-0.3, -0.25) is 4.79 Å². The van der Waals surface area contributed by atoms with Crippen molar-refractivity contribution in [2.45, 2.75) is 20.0 Å². The lowest BCUT2D eigenvalue weighted by Gasteiger charge is -2.12. The molecule has 2 aromatic carbocycles. The van der Waals surface area contributed by atoms with Crippen LogP contribution in [0.5, 0.6) is 11.5 Å². The van der Waals surface area contributed by atoms with Gasteiger partial charge in [0.25, 0.3) is 5.91 Å². The Balaban J connectivity index is 1.73. The van der Waals surface area contributed by atoms with E-state index < -0.39 is 5.97 Å². The van der Waals surface area contributed by atoms with Crippen molar-refractivity contribution >= 4 is 23.7 Å². The zero-order valence-electron chi connectivity index (χ0n) is 17.2. The number of carbonyl (C=O) groups excluding carboxylic acids is 1. The first-order chi connectivity index (χ1) is 14.9. The molecule has 31 heavy (non-hydrogen) atoms. The van der Waals surface area contributed by atoms with Crippen molar-refractivity contribution in [3.8, 4) is 17.6 Å². The Bertz CT molecular complexity index is 1100. The fraction of sp³-hybridized carbons (Fsp3) is 0.217. The number of methoxy groups -OCH3 is 1. The number of rotatable bonds is 8. The molecule has 1 N–H and O–H groups in total. The number of hydrazone groups is 1. The maximum absolute atomic E-state index is 12.5. The van der Waals surface area contributed by atoms with E-state index in [0.29, 0.717) is 22.8 Å². The van der Waals surface area contributed by atoms with Crippen molar-refractivity contribution < 1.29 is 24.2 Å². The van der Waals surface area contributed by atoms with E-state index in [1.54, 1.807) is 43.3 Å². The van der Waals surface area contributed by atoms with Crippen molar-refractivity contribution in [1.82, 2.24) is 5.01 Å². The maximum Gasteiger partial charge on any atom is 0.335 e. The van der Waals surface area contributed by atoms with Crippen LogP contribution >= 0.6 is 0 Å². The van der Waals surface area contributed by atoms with Crippen LogP contribution in [0.15, 0.2) is 53.1 Å². The standard InChI is InChI=1S/C23H21N3O5/c1-15-19(22(27)26(25-15)11-3-10-24)12-17-6-9-20(21(13-17)30-2)31-14-16-4-7-18(8-5-16)23(28)29/h4-9,12-13H,3,11,14H2,1-2H3,(H,28,29)/b19-12-. The van der Waals surface area contributed by atoms with E-state index in [2.05, 4.69) is 5.10 Å². The Hall–Kier alpha value is -4.12. The summed E-state index contributed by atoms with van der Waals surface area (Å²) in [5.74, 6) is -0.200. The molecule has 0 atom stereocenters. The molecular weight excluding hydrogens is 398 g/mol. The molecule has 0 radical (unpaired) electrons. The molecule has 0 unspecified atom stereocenters. The zero-order valence-corrected chi connectivity index (χ0v) is 17.2. The molecule has 0 bridgehead atoms. The molecule has 1 heterocycles. The molecule has 8 heteroatoms. The summed E-state index contributed by atoms with van der Waals surface area (Å²) in [5, 5.41) is 23.2. The topological polar surface area (TPSA) is 112 Å². The van der Waals surface area contributed by atoms with Crippen molar-refractivity contribution in [2.24, 2.45) is 5.10 Å². The number of nitrogens with zero attached hydrogens (tertiary/aromatic N) is 3. The lowest BCUT2D eigenvalue weighted by molar-refractivity contribution is -0.125. The van der Waals surface area contributed by atoms with Crippen LogP contribution in [0, 0.1) is 11.3 Å². The number of amides is 1. The molecule has 0 spiro atoms. The summed E-state index contributed by atoms with van der Waals surface area (Å²) in [7, 11) is 1.53. The number of carbonyl (C=O) groups is 2. The highest BCUT2D eigenvalue weighted by atomic mass is 16.5. The predicted molar refractivity (Wildman–Crippen MR) is 114 cm³/mol. The molecule has 1 aliphatic rings. The average molecular weight is 419 g/mol. The molecule has 158 valence electrons. The number of ether oxygens (including phenoxy) is 2. The molecule has 1 aliphatic heterocycles. The van der Waals surface area contributed by atoms with Crippen LogP contribution in [-0.2, 0) is 11.4 Å². The van der Waals surface area contributed by atoms with Crippen LogP contribution in [0.25, 0.3) is 6.08 Å². The molecule has 0 aliphatic carbocycles. The molecule has 0 aromatic heterocycles. The van der Waals surface area contributed by atoms with Gasteiger partial charge in [0, 0.05) is 0 Å². The molecule has 0 saturated carbocycles. The second-order valence-corrected chi connectivity index (χ2v) is 6.78. The van der Waals surface area contributed by atoms with Gasteiger partial charge in [-0.05, 0) is 48.4 Å². The first-order valence-electron chi connectivity index (χ1n) is 9.52. The van der Waals surface area contributed by atoms with Gasteiger partial charge in [-0.2, -0.15) is 10.4 Å². The van der Waals surface area contributed by atoms with Gasteiger partial charge in [-0.25, -0.2) is 9.80 Å². The predicted octanol–water partition coefficient (Wildman–Crippen LogP) is 3.49. The third-order valence-electron chi connectivity index (χ3n) is 4.65. The minimum atomic E-state index is -0.979. The van der Waals surface area contributed by atoms with Crippen molar-refractivity contribution in [3.63, 3.8) is 0 Å². The highest BCUT2D eigenvalue weighted by Gasteiger charge is 2.27. The summed E-state index contributed by atoms with van der Waals surface area (Å²) >= 11 is 0. The van der Waals surface area contributed by atoms with E-state index in [-0.39, 0.29) is 31.0 Å². The lowest BCUT2D eigenvalue weighted by atomic mass is 10.1. The second-order valence-electron chi connectivity index (χ2n) is 6.78. The van der Waals surface area contributed by atoms with Gasteiger partial charge in [0.15, 0.2) is 11.5 Å². The summed E-state index contributed by atoms with van der Waals surface area (Å²) in [6.07, 6.45) is 1.94. The third kappa shape index (κ3) is 5.08. The SMILES string of the molecule is COc1cc(/C=C2\C(=O)N(CCC#N)N=C2C)ccc1OCc1ccc(C(=O)O)cc1. The number of nitriles is 1. The molecule has 2 aromatic rings. The van der Waals surface area contributed by atoms with Crippen LogP contribution in [0.4, 0.5) is 0 Å². The zero-order chi connectivity index (χ0) is 22.4. The van der Waals surface area contributed by atoms with Gasteiger partial charge >= 0.3 is 5.97 Å². The summed E-state index contributed by atoms with van der Waals surface area (Å²) in [5.41, 5.74) is 2.83. The minimum absolute atomic E-state index is 0.213. The van der Waals surface area contributed by atoms with Gasteiger partial charge in [0.1, 0.15) is 6.61 Å². The fourth-order valence-corrected chi connectivity index (χ4v) is 3.01. The number of carboxylic acids is 1. The average Bonchev–Trinajstić information content (AvgIpc) is 3.04. The Morgan fingerprint density at radius 2 is 1.97 bits per heavy atom. The summed E-state index contributed by atoms with van der Waals surface area (Å²) in [6.45, 7) is 2.25. The lowest BCUT2D eigenvalue weighted by Crippen LogP contribution is -2.22. The second kappa shape index (κ2) is 9.59. The first-order valence-corrected chi connectivity index (χ1v) is 9.52. The van der Waals surface area contributed by atoms with Gasteiger partial charge in [0.05, 0.1) is 43.0 Å². The normalized spacial score (nSPS) is 14.4. The molecule has 8 nitrogen and oxygen atoms in total. The maximum atomic E-state index is 12.5. The van der Waals surface area contributed by atoms with E-state index in [1.165, 1.54) is 24.3 Å². The van der Waals surface area contributed by atoms with E-state index in [1.807, 2.05) is 6.07 Å². The van der Waals surface area contributed by atoms with E-state index in [0.717, 1.165) is 11.1 Å². The van der Waals surface area contributed by atoms with E-state index >= 15 is 0 Å². The largest absolute Gasteiger partial charge is 0.493 e. The highest BCUT2D eigenvalue weighted by Crippen LogP contribution is 2.30. The van der Waals surface area contributed by atoms with Crippen LogP contribution in [0.1, 0.15) is 34.8 Å². The Morgan fingerprint density at radius 1 is 1.23 bits per heavy atom. The highest BCUT2D eigenvalue weighted by molar-refractivity contribution is 6.26. The smallest absolute Gasteiger partial charge is 0.335 e. The van der Waals surface area contributed by atoms with Gasteiger partial charge in [-0.1, -0.05) is 18.2 Å². The molecule has 3 rings (SSSR count). The number of hydrogen-bond donors (Lipinski definition) is 1. The molecular formula is C23H21N3O5. The first kappa shape index (κ1) is 21.6. The summed E-state index contributed by atoms with van der Waals surface area (Å²) < 4.78 is 11.2. The molecule has 0 saturated heterocycles. The van der Waals surface area contributed by atoms with Crippen LogP contribution in [0.3, 0.4) is 0 Å². The fourth-order valence-electron chi connectivity index (χ4n) is 3.01. The molecule has 0 fully saturated rings. The Kier molecular flexibility index (Phi) is 6.67. The van der Waals surface area contributed by atoms with Crippen molar-refractivity contribution in [2.75, 3.05) is 13.7 Å². The van der Waals surface area contributed by atoms with E-state index in [9.17, 15) is 9.59 Å². The van der Waals surface area contributed by atoms with Gasteiger partial charge < -0.3 is 14.6 Å². The number of hydrogen-bond acceptors (Lipinski definition) is 6. The van der Waals surface area contributed by atoms with E-state index in [4.69, 9.17) is 19.8 Å². The Labute approximate surface area is 179 Å². The summed E-state index contributed by atoms with van der Waals surface area (Å²) in [6, 6.07) is 13.8. The summed E-state index contributed by atoms with van der Waals surface area (Å²) in [4.78, 5) is 23.5. The number of benzene rings is 2.